The van der Waals surface area contributed by atoms with Gasteiger partial charge in [0.05, 0.1) is 29.3 Å². The summed E-state index contributed by atoms with van der Waals surface area (Å²) < 4.78 is 0. The number of benzene rings is 4. The van der Waals surface area contributed by atoms with Crippen LogP contribution in [0.1, 0.15) is 58.1 Å². The molecule has 4 aromatic carbocycles. The lowest BCUT2D eigenvalue weighted by molar-refractivity contribution is 0.455. The predicted molar refractivity (Wildman–Crippen MR) is 263 cm³/mol. The van der Waals surface area contributed by atoms with Crippen LogP contribution in [0.5, 0.6) is 0 Å². The monoisotopic (exact) mass is 814 g/mol. The normalized spacial score (nSPS) is 19.1. The molecule has 4 nitrogen and oxygen atoms in total. The lowest BCUT2D eigenvalue weighted by Gasteiger charge is -2.34. The lowest BCUT2D eigenvalue weighted by Crippen LogP contribution is -2.26. The molecular weight excluding hydrogens is 761 g/mol. The first-order chi connectivity index (χ1) is 29.9. The molecule has 8 rings (SSSR count). The van der Waals surface area contributed by atoms with Gasteiger partial charge >= 0.3 is 0 Å². The van der Waals surface area contributed by atoms with E-state index in [1.165, 1.54) is 60.5 Å². The Morgan fingerprint density at radius 2 is 1.61 bits per heavy atom. The second kappa shape index (κ2) is 18.5. The van der Waals surface area contributed by atoms with Crippen LogP contribution < -0.4 is 9.80 Å². The fourth-order valence-corrected chi connectivity index (χ4v) is 10.3. The van der Waals surface area contributed by atoms with Crippen molar-refractivity contribution in [2.24, 2.45) is 21.8 Å². The highest BCUT2D eigenvalue weighted by Crippen LogP contribution is 2.53. The fourth-order valence-electron chi connectivity index (χ4n) is 9.17. The van der Waals surface area contributed by atoms with E-state index in [1.54, 1.807) is 6.08 Å². The van der Waals surface area contributed by atoms with Crippen LogP contribution in [0.3, 0.4) is 0 Å². The summed E-state index contributed by atoms with van der Waals surface area (Å²) in [5, 5.41) is 0. The molecule has 4 aliphatic rings. The molecule has 2 aliphatic carbocycles. The SMILES string of the molecule is C=C/C(C(=NCc1ccc(N2C3=CC=C4C=CCCC4C3C(C)=C2/C=C(\CC)c2ccc3c(c2)Sc2ccccc2N3c2ccccc2)cc1)/C(C=C)=C/C)=C(\C=C/C)N=C. The minimum absolute atomic E-state index is 0.322. The Kier molecular flexibility index (Phi) is 12.5. The van der Waals surface area contributed by atoms with E-state index in [9.17, 15) is 0 Å². The van der Waals surface area contributed by atoms with Crippen molar-refractivity contribution >= 4 is 52.5 Å². The average Bonchev–Trinajstić information content (AvgIpc) is 3.59. The number of allylic oxidation sites excluding steroid dienone is 15. The van der Waals surface area contributed by atoms with Crippen molar-refractivity contribution in [3.05, 3.63) is 221 Å². The van der Waals surface area contributed by atoms with Crippen molar-refractivity contribution in [2.45, 2.75) is 63.3 Å². The molecule has 0 radical (unpaired) electrons. The molecule has 0 saturated heterocycles. The summed E-state index contributed by atoms with van der Waals surface area (Å²) in [4.78, 5) is 16.9. The van der Waals surface area contributed by atoms with Gasteiger partial charge in [-0.3, -0.25) is 9.98 Å². The number of hydrogen-bond acceptors (Lipinski definition) is 5. The molecule has 0 fully saturated rings. The van der Waals surface area contributed by atoms with Gasteiger partial charge in [0.15, 0.2) is 0 Å². The van der Waals surface area contributed by atoms with Gasteiger partial charge in [-0.15, -0.1) is 0 Å². The summed E-state index contributed by atoms with van der Waals surface area (Å²) in [6.45, 7) is 21.1. The zero-order valence-electron chi connectivity index (χ0n) is 35.8. The molecule has 2 unspecified atom stereocenters. The maximum absolute atomic E-state index is 5.14. The maximum Gasteiger partial charge on any atom is 0.0740 e. The largest absolute Gasteiger partial charge is 0.314 e. The van der Waals surface area contributed by atoms with Crippen LogP contribution in [-0.2, 0) is 6.54 Å². The van der Waals surface area contributed by atoms with Gasteiger partial charge in [0, 0.05) is 44.1 Å². The van der Waals surface area contributed by atoms with Crippen LogP contribution >= 0.6 is 11.8 Å². The average molecular weight is 815 g/mol. The highest BCUT2D eigenvalue weighted by atomic mass is 32.2. The van der Waals surface area contributed by atoms with Crippen LogP contribution in [0.25, 0.3) is 5.57 Å². The summed E-state index contributed by atoms with van der Waals surface area (Å²) in [6.07, 6.45) is 24.6. The van der Waals surface area contributed by atoms with E-state index in [-0.39, 0.29) is 0 Å². The Balaban J connectivity index is 1.18. The van der Waals surface area contributed by atoms with Crippen LogP contribution in [0.4, 0.5) is 22.7 Å². The highest BCUT2D eigenvalue weighted by Gasteiger charge is 2.41. The minimum atomic E-state index is 0.322. The Labute approximate surface area is 367 Å². The Morgan fingerprint density at radius 1 is 0.852 bits per heavy atom. The third kappa shape index (κ3) is 7.99. The van der Waals surface area contributed by atoms with Crippen molar-refractivity contribution in [3.63, 3.8) is 0 Å². The topological polar surface area (TPSA) is 31.2 Å². The summed E-state index contributed by atoms with van der Waals surface area (Å²) in [5.74, 6) is 0.790. The second-order valence-electron chi connectivity index (χ2n) is 15.6. The van der Waals surface area contributed by atoms with E-state index in [2.05, 4.69) is 176 Å². The Hall–Kier alpha value is -6.43. The van der Waals surface area contributed by atoms with Gasteiger partial charge in [-0.1, -0.05) is 123 Å². The molecular formula is C56H54N4S. The summed E-state index contributed by atoms with van der Waals surface area (Å²) >= 11 is 1.86. The van der Waals surface area contributed by atoms with Gasteiger partial charge in [-0.25, -0.2) is 0 Å². The number of fused-ring (bicyclic) bond motifs is 5. The van der Waals surface area contributed by atoms with E-state index >= 15 is 0 Å². The smallest absolute Gasteiger partial charge is 0.0740 e. The number of anilines is 4. The summed E-state index contributed by atoms with van der Waals surface area (Å²) in [7, 11) is 0. The van der Waals surface area contributed by atoms with Crippen molar-refractivity contribution in [1.82, 2.24) is 0 Å². The molecule has 0 bridgehead atoms. The van der Waals surface area contributed by atoms with Gasteiger partial charge < -0.3 is 9.80 Å². The number of nitrogens with zero attached hydrogens (tertiary/aromatic N) is 4. The molecule has 304 valence electrons. The zero-order valence-corrected chi connectivity index (χ0v) is 36.6. The molecule has 0 amide bonds. The van der Waals surface area contributed by atoms with Gasteiger partial charge in [0.25, 0.3) is 0 Å². The third-order valence-electron chi connectivity index (χ3n) is 12.2. The number of aliphatic imine (C=N–C) groups is 2. The molecule has 0 aromatic heterocycles. The number of rotatable bonds is 13. The quantitative estimate of drug-likeness (QED) is 0.0876. The number of hydrogen-bond donors (Lipinski definition) is 0. The molecule has 2 atom stereocenters. The van der Waals surface area contributed by atoms with Crippen molar-refractivity contribution < 1.29 is 0 Å². The molecule has 2 heterocycles. The van der Waals surface area contributed by atoms with E-state index in [0.717, 1.165) is 53.1 Å². The van der Waals surface area contributed by atoms with E-state index in [0.29, 0.717) is 18.4 Å². The zero-order chi connectivity index (χ0) is 42.5. The lowest BCUT2D eigenvalue weighted by atomic mass is 9.73. The molecule has 5 heteroatoms. The summed E-state index contributed by atoms with van der Waals surface area (Å²) in [5.41, 5.74) is 17.2. The van der Waals surface area contributed by atoms with Crippen molar-refractivity contribution in [2.75, 3.05) is 9.80 Å². The first-order valence-corrected chi connectivity index (χ1v) is 22.2. The van der Waals surface area contributed by atoms with Crippen molar-refractivity contribution in [1.29, 1.82) is 0 Å². The van der Waals surface area contributed by atoms with Gasteiger partial charge in [0.1, 0.15) is 0 Å². The minimum Gasteiger partial charge on any atom is -0.314 e. The fraction of sp³-hybridized carbons (Fsp3) is 0.179. The van der Waals surface area contributed by atoms with E-state index in [4.69, 9.17) is 4.99 Å². The van der Waals surface area contributed by atoms with E-state index < -0.39 is 0 Å². The predicted octanol–water partition coefficient (Wildman–Crippen LogP) is 15.4. The first kappa shape index (κ1) is 41.3. The second-order valence-corrected chi connectivity index (χ2v) is 16.7. The molecule has 0 spiro atoms. The molecule has 2 aliphatic heterocycles. The van der Waals surface area contributed by atoms with Crippen LogP contribution in [0.15, 0.2) is 230 Å². The van der Waals surface area contributed by atoms with E-state index in [1.807, 2.05) is 49.9 Å². The number of para-hydroxylation sites is 2. The van der Waals surface area contributed by atoms with Crippen LogP contribution in [0, 0.1) is 11.8 Å². The molecule has 0 N–H and O–H groups in total. The highest BCUT2D eigenvalue weighted by molar-refractivity contribution is 7.99. The first-order valence-electron chi connectivity index (χ1n) is 21.4. The Morgan fingerprint density at radius 3 is 2.33 bits per heavy atom. The van der Waals surface area contributed by atoms with Crippen molar-refractivity contribution in [3.8, 4) is 0 Å². The third-order valence-corrected chi connectivity index (χ3v) is 13.3. The maximum atomic E-state index is 5.14. The standard InChI is InChI=1S/C56H54N4S/c1-8-20-48(57-7)46(12-5)56(40(9-2)10-3)58-37-39-27-31-45(32-28-39)60-51-34-29-42-21-16-17-24-47(42)55(51)38(6)52(60)35-41(11-4)43-30-33-50-54(36-43)61-53-26-19-18-25-49(53)59(50)44-22-14-13-15-23-44/h8-10,12-16,18-23,25-36,47,55H,2,5,7,11,17,24,37H2,1,3-4,6H3/b20-8-,40-10+,41-35+,48-46-,58-56?. The van der Waals surface area contributed by atoms with Crippen LogP contribution in [0.2, 0.25) is 0 Å². The van der Waals surface area contributed by atoms with Gasteiger partial charge in [0.2, 0.25) is 0 Å². The molecule has 61 heavy (non-hydrogen) atoms. The Bertz CT molecular complexity index is 2660. The molecule has 4 aromatic rings. The van der Waals surface area contributed by atoms with Gasteiger partial charge in [-0.2, -0.15) is 0 Å². The van der Waals surface area contributed by atoms with Gasteiger partial charge in [-0.05, 0) is 153 Å². The summed E-state index contributed by atoms with van der Waals surface area (Å²) in [6, 6.07) is 35.4. The molecule has 0 saturated carbocycles. The van der Waals surface area contributed by atoms with Crippen LogP contribution in [-0.4, -0.2) is 12.4 Å².